The molecule has 9 nitrogen and oxygen atoms in total. The number of rotatable bonds is 8. The summed E-state index contributed by atoms with van der Waals surface area (Å²) in [6, 6.07) is 5.08. The summed E-state index contributed by atoms with van der Waals surface area (Å²) in [6.45, 7) is 0. The van der Waals surface area contributed by atoms with Crippen molar-refractivity contribution in [1.29, 1.82) is 0 Å². The van der Waals surface area contributed by atoms with E-state index in [2.05, 4.69) is 0 Å². The van der Waals surface area contributed by atoms with Gasteiger partial charge in [0.15, 0.2) is 11.3 Å². The molecule has 1 unspecified atom stereocenters. The van der Waals surface area contributed by atoms with Crippen LogP contribution in [0.3, 0.4) is 0 Å². The highest BCUT2D eigenvalue weighted by molar-refractivity contribution is 6.08. The van der Waals surface area contributed by atoms with Crippen molar-refractivity contribution >= 4 is 23.3 Å². The molecule has 1 rings (SSSR count). The first kappa shape index (κ1) is 17.2. The maximum atomic E-state index is 12.1. The molecule has 22 heavy (non-hydrogen) atoms. The predicted molar refractivity (Wildman–Crippen MR) is 74.8 cm³/mol. The number of carboxylic acid groups (broad SMARTS) is 1. The van der Waals surface area contributed by atoms with Crippen LogP contribution in [0.15, 0.2) is 24.3 Å². The van der Waals surface area contributed by atoms with Crippen LogP contribution >= 0.6 is 0 Å². The Morgan fingerprint density at radius 1 is 1.23 bits per heavy atom. The second-order valence-electron chi connectivity index (χ2n) is 4.77. The zero-order chi connectivity index (χ0) is 16.9. The van der Waals surface area contributed by atoms with Crippen molar-refractivity contribution < 1.29 is 24.4 Å². The molecule has 5 N–H and O–H groups in total. The van der Waals surface area contributed by atoms with Gasteiger partial charge < -0.3 is 16.6 Å². The Morgan fingerprint density at radius 3 is 2.18 bits per heavy atom. The Bertz CT molecular complexity index is 613. The summed E-state index contributed by atoms with van der Waals surface area (Å²) in [5.41, 5.74) is 8.53. The minimum absolute atomic E-state index is 0.151. The van der Waals surface area contributed by atoms with Crippen molar-refractivity contribution in [3.63, 3.8) is 0 Å². The second-order valence-corrected chi connectivity index (χ2v) is 4.77. The van der Waals surface area contributed by atoms with Crippen LogP contribution in [-0.4, -0.2) is 33.2 Å². The summed E-state index contributed by atoms with van der Waals surface area (Å²) in [4.78, 5) is 44.0. The smallest absolute Gasteiger partial charge is 0.331 e. The summed E-state index contributed by atoms with van der Waals surface area (Å²) in [7, 11) is 0. The Labute approximate surface area is 125 Å². The molecular weight excluding hydrogens is 294 g/mol. The number of Topliss-reactive ketones (excluding diaryl/α,β-unsaturated/α-hetero) is 1. The molecule has 0 aliphatic heterocycles. The van der Waals surface area contributed by atoms with Crippen molar-refractivity contribution in [3.8, 4) is 0 Å². The first-order valence-corrected chi connectivity index (χ1v) is 6.24. The summed E-state index contributed by atoms with van der Waals surface area (Å²) in [5, 5.41) is 19.7. The van der Waals surface area contributed by atoms with Crippen molar-refractivity contribution in [2.45, 2.75) is 24.8 Å². The summed E-state index contributed by atoms with van der Waals surface area (Å²) >= 11 is 0. The van der Waals surface area contributed by atoms with E-state index in [1.807, 2.05) is 0 Å². The number of benzene rings is 1. The van der Waals surface area contributed by atoms with Crippen LogP contribution in [0.4, 0.5) is 5.69 Å². The van der Waals surface area contributed by atoms with Gasteiger partial charge in [-0.25, -0.2) is 4.79 Å². The normalized spacial score (nSPS) is 13.1. The van der Waals surface area contributed by atoms with Gasteiger partial charge in [-0.3, -0.25) is 19.7 Å². The van der Waals surface area contributed by atoms with Crippen molar-refractivity contribution in [2.75, 3.05) is 0 Å². The maximum absolute atomic E-state index is 12.1. The molecule has 0 heterocycles. The van der Waals surface area contributed by atoms with Gasteiger partial charge in [-0.2, -0.15) is 0 Å². The van der Waals surface area contributed by atoms with E-state index in [-0.39, 0.29) is 18.5 Å². The first-order chi connectivity index (χ1) is 10.2. The molecule has 9 heteroatoms. The number of nitrogens with zero attached hydrogens (tertiary/aromatic N) is 1. The predicted octanol–water partition coefficient (Wildman–Crippen LogP) is -0.246. The Balaban J connectivity index is 2.89. The lowest BCUT2D eigenvalue weighted by Crippen LogP contribution is -2.56. The van der Waals surface area contributed by atoms with Gasteiger partial charge in [0, 0.05) is 25.0 Å². The molecule has 0 aromatic heterocycles. The van der Waals surface area contributed by atoms with E-state index in [9.17, 15) is 24.5 Å². The number of carbonyl (C=O) groups excluding carboxylic acids is 2. The van der Waals surface area contributed by atoms with E-state index >= 15 is 0 Å². The fourth-order valence-corrected chi connectivity index (χ4v) is 1.76. The van der Waals surface area contributed by atoms with E-state index in [1.54, 1.807) is 0 Å². The lowest BCUT2D eigenvalue weighted by atomic mass is 9.86. The minimum Gasteiger partial charge on any atom is -0.480 e. The van der Waals surface area contributed by atoms with Gasteiger partial charge in [0.05, 0.1) is 4.92 Å². The van der Waals surface area contributed by atoms with Crippen LogP contribution in [0, 0.1) is 10.1 Å². The average molecular weight is 309 g/mol. The molecule has 1 atom stereocenters. The number of hydrogen-bond acceptors (Lipinski definition) is 6. The first-order valence-electron chi connectivity index (χ1n) is 6.24. The number of carboxylic acids is 1. The molecule has 0 aliphatic carbocycles. The summed E-state index contributed by atoms with van der Waals surface area (Å²) in [5.74, 6) is -3.13. The number of hydrogen-bond donors (Lipinski definition) is 3. The standard InChI is InChI=1S/C13H15N3O6/c14-11(18)5-6-13(15,12(19)20)10(17)7-8-1-3-9(4-2-8)16(21)22/h1-4H,5-7,15H2,(H2,14,18)(H,19,20). The van der Waals surface area contributed by atoms with Crippen molar-refractivity contribution in [2.24, 2.45) is 11.5 Å². The largest absolute Gasteiger partial charge is 0.480 e. The van der Waals surface area contributed by atoms with Gasteiger partial charge in [0.2, 0.25) is 5.91 Å². The monoisotopic (exact) mass is 309 g/mol. The Morgan fingerprint density at radius 2 is 1.77 bits per heavy atom. The highest BCUT2D eigenvalue weighted by Gasteiger charge is 2.41. The third-order valence-electron chi connectivity index (χ3n) is 3.16. The topological polar surface area (TPSA) is 167 Å². The lowest BCUT2D eigenvalue weighted by molar-refractivity contribution is -0.384. The molecule has 1 amide bonds. The number of amides is 1. The number of ketones is 1. The molecule has 0 bridgehead atoms. The number of primary amides is 1. The molecule has 0 radical (unpaired) electrons. The van der Waals surface area contributed by atoms with Gasteiger partial charge >= 0.3 is 5.97 Å². The molecule has 1 aromatic carbocycles. The number of carbonyl (C=O) groups is 3. The third-order valence-corrected chi connectivity index (χ3v) is 3.16. The Hall–Kier alpha value is -2.81. The highest BCUT2D eigenvalue weighted by atomic mass is 16.6. The molecule has 118 valence electrons. The van der Waals surface area contributed by atoms with Crippen molar-refractivity contribution in [1.82, 2.24) is 0 Å². The zero-order valence-corrected chi connectivity index (χ0v) is 11.5. The van der Waals surface area contributed by atoms with Gasteiger partial charge in [-0.05, 0) is 12.0 Å². The number of aliphatic carboxylic acids is 1. The molecular formula is C13H15N3O6. The summed E-state index contributed by atoms with van der Waals surface area (Å²) in [6.07, 6.45) is -1.07. The number of nitro benzene ring substituents is 1. The van der Waals surface area contributed by atoms with E-state index in [4.69, 9.17) is 16.6 Å². The van der Waals surface area contributed by atoms with Gasteiger partial charge in [-0.15, -0.1) is 0 Å². The fourth-order valence-electron chi connectivity index (χ4n) is 1.76. The van der Waals surface area contributed by atoms with Gasteiger partial charge in [0.1, 0.15) is 0 Å². The number of nitro groups is 1. The third kappa shape index (κ3) is 4.09. The van der Waals surface area contributed by atoms with Crippen LogP contribution in [0.1, 0.15) is 18.4 Å². The van der Waals surface area contributed by atoms with Crippen LogP contribution in [0.25, 0.3) is 0 Å². The highest BCUT2D eigenvalue weighted by Crippen LogP contribution is 2.17. The molecule has 1 aromatic rings. The molecule has 0 saturated heterocycles. The lowest BCUT2D eigenvalue weighted by Gasteiger charge is -2.22. The van der Waals surface area contributed by atoms with Crippen LogP contribution < -0.4 is 11.5 Å². The quantitative estimate of drug-likeness (QED) is 0.338. The Kier molecular flexibility index (Phi) is 5.30. The van der Waals surface area contributed by atoms with Crippen LogP contribution in [0.5, 0.6) is 0 Å². The SMILES string of the molecule is NC(=O)CCC(N)(C(=O)O)C(=O)Cc1ccc([N+](=O)[O-])cc1. The maximum Gasteiger partial charge on any atom is 0.331 e. The van der Waals surface area contributed by atoms with Crippen molar-refractivity contribution in [3.05, 3.63) is 39.9 Å². The average Bonchev–Trinajstić information content (AvgIpc) is 2.44. The minimum atomic E-state index is -2.23. The van der Waals surface area contributed by atoms with Gasteiger partial charge in [-0.1, -0.05) is 12.1 Å². The van der Waals surface area contributed by atoms with E-state index in [0.717, 1.165) is 0 Å². The second kappa shape index (κ2) is 6.76. The molecule has 0 fully saturated rings. The van der Waals surface area contributed by atoms with Crippen LogP contribution in [0.2, 0.25) is 0 Å². The van der Waals surface area contributed by atoms with Gasteiger partial charge in [0.25, 0.3) is 5.69 Å². The molecule has 0 aliphatic rings. The number of non-ortho nitro benzene ring substituents is 1. The van der Waals surface area contributed by atoms with E-state index in [1.165, 1.54) is 24.3 Å². The van der Waals surface area contributed by atoms with Crippen LogP contribution in [-0.2, 0) is 20.8 Å². The molecule has 0 saturated carbocycles. The molecule has 0 spiro atoms. The van der Waals surface area contributed by atoms with E-state index < -0.39 is 34.5 Å². The zero-order valence-electron chi connectivity index (χ0n) is 11.5. The fraction of sp³-hybridized carbons (Fsp3) is 0.308. The summed E-state index contributed by atoms with van der Waals surface area (Å²) < 4.78 is 0. The van der Waals surface area contributed by atoms with E-state index in [0.29, 0.717) is 5.56 Å². The number of nitrogens with two attached hydrogens (primary N) is 2.